The van der Waals surface area contributed by atoms with Crippen LogP contribution in [-0.2, 0) is 6.42 Å². The summed E-state index contributed by atoms with van der Waals surface area (Å²) in [5, 5.41) is 0.642. The van der Waals surface area contributed by atoms with E-state index in [0.717, 1.165) is 43.6 Å². The second kappa shape index (κ2) is 6.29. The average Bonchev–Trinajstić information content (AvgIpc) is 2.91. The minimum absolute atomic E-state index is 0.109. The van der Waals surface area contributed by atoms with E-state index in [9.17, 15) is 4.79 Å². The Morgan fingerprint density at radius 1 is 1.41 bits per heavy atom. The number of likely N-dealkylation sites (tertiary alicyclic amines) is 1. The smallest absolute Gasteiger partial charge is 0.273 e. The van der Waals surface area contributed by atoms with Crippen molar-refractivity contribution in [1.29, 1.82) is 0 Å². The van der Waals surface area contributed by atoms with Gasteiger partial charge in [0.1, 0.15) is 11.3 Å². The van der Waals surface area contributed by atoms with Gasteiger partial charge in [0, 0.05) is 29.9 Å². The minimum atomic E-state index is 0.109. The van der Waals surface area contributed by atoms with Gasteiger partial charge in [0.05, 0.1) is 5.69 Å². The number of aromatic nitrogens is 2. The molecular weight excluding hydrogens is 298 g/mol. The Bertz CT molecular complexity index is 695. The van der Waals surface area contributed by atoms with E-state index >= 15 is 0 Å². The first-order chi connectivity index (χ1) is 10.7. The van der Waals surface area contributed by atoms with Crippen LogP contribution in [0.1, 0.15) is 55.7 Å². The molecule has 1 saturated heterocycles. The Hall–Kier alpha value is -1.55. The van der Waals surface area contributed by atoms with Crippen LogP contribution in [0.3, 0.4) is 0 Å². The molecule has 0 spiro atoms. The van der Waals surface area contributed by atoms with Crippen molar-refractivity contribution in [2.24, 2.45) is 0 Å². The summed E-state index contributed by atoms with van der Waals surface area (Å²) in [5.74, 6) is 0.109. The summed E-state index contributed by atoms with van der Waals surface area (Å²) in [4.78, 5) is 19.8. The highest BCUT2D eigenvalue weighted by Crippen LogP contribution is 2.24. The normalized spacial score (nSPS) is 18.9. The molecule has 5 heteroatoms. The number of fused-ring (bicyclic) bond motifs is 1. The van der Waals surface area contributed by atoms with Gasteiger partial charge in [0.2, 0.25) is 0 Å². The number of imidazole rings is 1. The summed E-state index contributed by atoms with van der Waals surface area (Å²) in [6.07, 6.45) is 7.01. The van der Waals surface area contributed by atoms with Crippen molar-refractivity contribution in [3.8, 4) is 0 Å². The molecule has 1 fully saturated rings. The second-order valence-electron chi connectivity index (χ2n) is 5.89. The van der Waals surface area contributed by atoms with Gasteiger partial charge in [-0.05, 0) is 38.2 Å². The van der Waals surface area contributed by atoms with E-state index in [0.29, 0.717) is 16.8 Å². The molecule has 0 saturated carbocycles. The third-order valence-corrected chi connectivity index (χ3v) is 4.79. The lowest BCUT2D eigenvalue weighted by molar-refractivity contribution is 0.0599. The zero-order valence-electron chi connectivity index (χ0n) is 13.2. The summed E-state index contributed by atoms with van der Waals surface area (Å²) in [5.41, 5.74) is 2.31. The molecule has 1 amide bonds. The fourth-order valence-electron chi connectivity index (χ4n) is 3.37. The zero-order valence-corrected chi connectivity index (χ0v) is 13.9. The minimum Gasteiger partial charge on any atom is -0.334 e. The summed E-state index contributed by atoms with van der Waals surface area (Å²) in [7, 11) is 0. The molecule has 1 aliphatic rings. The lowest BCUT2D eigenvalue weighted by Crippen LogP contribution is -2.44. The number of piperidine rings is 1. The van der Waals surface area contributed by atoms with Crippen LogP contribution in [0.2, 0.25) is 5.02 Å². The van der Waals surface area contributed by atoms with E-state index in [1.807, 2.05) is 28.5 Å². The molecule has 2 aromatic rings. The molecule has 4 nitrogen and oxygen atoms in total. The van der Waals surface area contributed by atoms with E-state index in [1.54, 1.807) is 6.07 Å². The Morgan fingerprint density at radius 3 is 2.95 bits per heavy atom. The molecule has 1 aliphatic heterocycles. The molecule has 0 radical (unpaired) electrons. The van der Waals surface area contributed by atoms with Crippen LogP contribution in [0.4, 0.5) is 0 Å². The molecule has 3 rings (SSSR count). The van der Waals surface area contributed by atoms with E-state index in [2.05, 4.69) is 11.9 Å². The van der Waals surface area contributed by atoms with Crippen LogP contribution >= 0.6 is 11.6 Å². The molecular formula is C17H22ClN3O. The van der Waals surface area contributed by atoms with Crippen molar-refractivity contribution >= 4 is 23.2 Å². The Morgan fingerprint density at radius 2 is 2.23 bits per heavy atom. The van der Waals surface area contributed by atoms with Gasteiger partial charge in [-0.1, -0.05) is 25.4 Å². The fraction of sp³-hybridized carbons (Fsp3) is 0.529. The van der Waals surface area contributed by atoms with Gasteiger partial charge >= 0.3 is 0 Å². The van der Waals surface area contributed by atoms with Gasteiger partial charge in [-0.2, -0.15) is 0 Å². The highest BCUT2D eigenvalue weighted by Gasteiger charge is 2.29. The second-order valence-corrected chi connectivity index (χ2v) is 6.33. The maximum absolute atomic E-state index is 13.1. The SMILES string of the molecule is CCc1nc2cc(Cl)ccn2c1C(=O)N1CCCCC1CC. The first-order valence-corrected chi connectivity index (χ1v) is 8.51. The Balaban J connectivity index is 2.06. The van der Waals surface area contributed by atoms with Crippen molar-refractivity contribution < 1.29 is 4.79 Å². The third-order valence-electron chi connectivity index (χ3n) is 4.56. The molecule has 2 aromatic heterocycles. The van der Waals surface area contributed by atoms with E-state index in [-0.39, 0.29) is 5.91 Å². The first kappa shape index (κ1) is 15.3. The lowest BCUT2D eigenvalue weighted by Gasteiger charge is -2.35. The summed E-state index contributed by atoms with van der Waals surface area (Å²) >= 11 is 6.05. The number of carbonyl (C=O) groups is 1. The van der Waals surface area contributed by atoms with Gasteiger partial charge in [-0.3, -0.25) is 9.20 Å². The number of aryl methyl sites for hydroxylation is 1. The Kier molecular flexibility index (Phi) is 4.39. The predicted molar refractivity (Wildman–Crippen MR) is 88.5 cm³/mol. The van der Waals surface area contributed by atoms with Gasteiger partial charge in [0.15, 0.2) is 0 Å². The van der Waals surface area contributed by atoms with Crippen molar-refractivity contribution in [3.05, 3.63) is 34.7 Å². The van der Waals surface area contributed by atoms with Crippen LogP contribution in [0.25, 0.3) is 5.65 Å². The molecule has 0 bridgehead atoms. The van der Waals surface area contributed by atoms with Crippen LogP contribution in [0.5, 0.6) is 0 Å². The van der Waals surface area contributed by atoms with Crippen LogP contribution < -0.4 is 0 Å². The van der Waals surface area contributed by atoms with Crippen LogP contribution in [0, 0.1) is 0 Å². The topological polar surface area (TPSA) is 37.6 Å². The number of pyridine rings is 1. The monoisotopic (exact) mass is 319 g/mol. The van der Waals surface area contributed by atoms with Gasteiger partial charge < -0.3 is 4.90 Å². The summed E-state index contributed by atoms with van der Waals surface area (Å²) < 4.78 is 1.88. The number of rotatable bonds is 3. The molecule has 1 atom stereocenters. The van der Waals surface area contributed by atoms with Gasteiger partial charge in [0.25, 0.3) is 5.91 Å². The van der Waals surface area contributed by atoms with Gasteiger partial charge in [-0.25, -0.2) is 4.98 Å². The summed E-state index contributed by atoms with van der Waals surface area (Å²) in [6, 6.07) is 3.97. The molecule has 1 unspecified atom stereocenters. The molecule has 0 aliphatic carbocycles. The number of halogens is 1. The Labute approximate surface area is 136 Å². The average molecular weight is 320 g/mol. The largest absolute Gasteiger partial charge is 0.334 e. The maximum atomic E-state index is 13.1. The standard InChI is InChI=1S/C17H22ClN3O/c1-3-13-7-5-6-9-20(13)17(22)16-14(4-2)19-15-11-12(18)8-10-21(15)16/h8,10-11,13H,3-7,9H2,1-2H3. The van der Waals surface area contributed by atoms with Gasteiger partial charge in [-0.15, -0.1) is 0 Å². The van der Waals surface area contributed by atoms with Crippen LogP contribution in [-0.4, -0.2) is 32.8 Å². The lowest BCUT2D eigenvalue weighted by atomic mass is 9.99. The molecule has 0 N–H and O–H groups in total. The zero-order chi connectivity index (χ0) is 15.7. The number of amides is 1. The van der Waals surface area contributed by atoms with Crippen molar-refractivity contribution in [3.63, 3.8) is 0 Å². The molecule has 0 aromatic carbocycles. The third kappa shape index (κ3) is 2.60. The highest BCUT2D eigenvalue weighted by molar-refractivity contribution is 6.30. The molecule has 118 valence electrons. The number of hydrogen-bond donors (Lipinski definition) is 0. The predicted octanol–water partition coefficient (Wildman–Crippen LogP) is 3.95. The molecule has 22 heavy (non-hydrogen) atoms. The first-order valence-electron chi connectivity index (χ1n) is 8.13. The number of nitrogens with zero attached hydrogens (tertiary/aromatic N) is 3. The molecule has 3 heterocycles. The number of hydrogen-bond acceptors (Lipinski definition) is 2. The number of carbonyl (C=O) groups excluding carboxylic acids is 1. The fourth-order valence-corrected chi connectivity index (χ4v) is 3.52. The van der Waals surface area contributed by atoms with E-state index < -0.39 is 0 Å². The van der Waals surface area contributed by atoms with Crippen molar-refractivity contribution in [2.75, 3.05) is 6.54 Å². The quantitative estimate of drug-likeness (QED) is 0.859. The summed E-state index contributed by atoms with van der Waals surface area (Å²) in [6.45, 7) is 5.04. The highest BCUT2D eigenvalue weighted by atomic mass is 35.5. The van der Waals surface area contributed by atoms with E-state index in [4.69, 9.17) is 11.6 Å². The maximum Gasteiger partial charge on any atom is 0.273 e. The van der Waals surface area contributed by atoms with Crippen molar-refractivity contribution in [2.45, 2.75) is 52.0 Å². The van der Waals surface area contributed by atoms with Crippen molar-refractivity contribution in [1.82, 2.24) is 14.3 Å². The van der Waals surface area contributed by atoms with Crippen LogP contribution in [0.15, 0.2) is 18.3 Å². The van der Waals surface area contributed by atoms with E-state index in [1.165, 1.54) is 6.42 Å².